The Hall–Kier alpha value is -2.16. The molecular weight excluding hydrogens is 200 g/mol. The van der Waals surface area contributed by atoms with Crippen molar-refractivity contribution in [3.05, 3.63) is 53.7 Å². The zero-order chi connectivity index (χ0) is 11.0. The summed E-state index contributed by atoms with van der Waals surface area (Å²) in [5.74, 6) is 0.00720. The Balaban J connectivity index is 2.11. The highest BCUT2D eigenvalue weighted by molar-refractivity contribution is 5.99. The first-order valence-electron chi connectivity index (χ1n) is 5.17. The predicted molar refractivity (Wildman–Crippen MR) is 60.8 cm³/mol. The van der Waals surface area contributed by atoms with Crippen molar-refractivity contribution in [1.82, 2.24) is 10.3 Å². The van der Waals surface area contributed by atoms with Crippen LogP contribution >= 0.6 is 0 Å². The van der Waals surface area contributed by atoms with Gasteiger partial charge >= 0.3 is 0 Å². The number of pyridine rings is 1. The van der Waals surface area contributed by atoms with Gasteiger partial charge in [0.1, 0.15) is 0 Å². The lowest BCUT2D eigenvalue weighted by Gasteiger charge is -2.02. The first kappa shape index (κ1) is 9.09. The van der Waals surface area contributed by atoms with Crippen molar-refractivity contribution < 1.29 is 4.79 Å². The molecule has 0 radical (unpaired) electrons. The van der Waals surface area contributed by atoms with Crippen LogP contribution in [0.5, 0.6) is 0 Å². The average Bonchev–Trinajstić information content (AvgIpc) is 2.72. The largest absolute Gasteiger partial charge is 0.348 e. The quantitative estimate of drug-likeness (QED) is 0.782. The van der Waals surface area contributed by atoms with E-state index in [-0.39, 0.29) is 5.91 Å². The molecule has 0 aliphatic carbocycles. The molecule has 16 heavy (non-hydrogen) atoms. The summed E-state index contributed by atoms with van der Waals surface area (Å²) in [4.78, 5) is 15.8. The average molecular weight is 210 g/mol. The molecule has 0 atom stereocenters. The third kappa shape index (κ3) is 1.37. The van der Waals surface area contributed by atoms with E-state index in [0.717, 1.165) is 22.4 Å². The van der Waals surface area contributed by atoms with Crippen molar-refractivity contribution in [2.45, 2.75) is 6.54 Å². The van der Waals surface area contributed by atoms with Gasteiger partial charge < -0.3 is 5.32 Å². The normalized spacial score (nSPS) is 13.4. The molecule has 1 N–H and O–H groups in total. The summed E-state index contributed by atoms with van der Waals surface area (Å²) in [6.07, 6.45) is 1.75. The lowest BCUT2D eigenvalue weighted by molar-refractivity contribution is 0.0966. The summed E-state index contributed by atoms with van der Waals surface area (Å²) in [6, 6.07) is 11.6. The van der Waals surface area contributed by atoms with E-state index in [4.69, 9.17) is 0 Å². The van der Waals surface area contributed by atoms with E-state index in [1.54, 1.807) is 6.20 Å². The Morgan fingerprint density at radius 3 is 2.94 bits per heavy atom. The zero-order valence-corrected chi connectivity index (χ0v) is 8.60. The molecule has 0 saturated carbocycles. The Bertz CT molecular complexity index is 549. The van der Waals surface area contributed by atoms with Gasteiger partial charge in [0.2, 0.25) is 0 Å². The number of hydrogen-bond acceptors (Lipinski definition) is 2. The van der Waals surface area contributed by atoms with Crippen LogP contribution in [0.1, 0.15) is 15.9 Å². The highest BCUT2D eigenvalue weighted by Crippen LogP contribution is 2.23. The number of amides is 1. The summed E-state index contributed by atoms with van der Waals surface area (Å²) in [6.45, 7) is 0.636. The van der Waals surface area contributed by atoms with Gasteiger partial charge in [-0.2, -0.15) is 0 Å². The highest BCUT2D eigenvalue weighted by atomic mass is 16.1. The number of rotatable bonds is 1. The molecule has 1 aliphatic heterocycles. The zero-order valence-electron chi connectivity index (χ0n) is 8.60. The number of nitrogens with one attached hydrogen (secondary N) is 1. The monoisotopic (exact) mass is 210 g/mol. The molecule has 0 spiro atoms. The fourth-order valence-corrected chi connectivity index (χ4v) is 1.91. The molecule has 78 valence electrons. The standard InChI is InChI=1S/C13H10N2O/c16-13-11-7-9(4-5-10(11)8-15-13)12-3-1-2-6-14-12/h1-7H,8H2,(H,15,16). The minimum absolute atomic E-state index is 0.00720. The van der Waals surface area contributed by atoms with Gasteiger partial charge in [0.25, 0.3) is 5.91 Å². The second-order valence-corrected chi connectivity index (χ2v) is 3.77. The molecule has 0 saturated heterocycles. The van der Waals surface area contributed by atoms with Crippen LogP contribution in [0.15, 0.2) is 42.6 Å². The van der Waals surface area contributed by atoms with Crippen LogP contribution in [0, 0.1) is 0 Å². The van der Waals surface area contributed by atoms with Gasteiger partial charge in [-0.15, -0.1) is 0 Å². The Labute approximate surface area is 93.1 Å². The van der Waals surface area contributed by atoms with Gasteiger partial charge in [-0.3, -0.25) is 9.78 Å². The molecule has 0 bridgehead atoms. The fourth-order valence-electron chi connectivity index (χ4n) is 1.91. The van der Waals surface area contributed by atoms with Crippen molar-refractivity contribution >= 4 is 5.91 Å². The molecule has 3 nitrogen and oxygen atoms in total. The van der Waals surface area contributed by atoms with Gasteiger partial charge in [0.05, 0.1) is 5.69 Å². The van der Waals surface area contributed by atoms with Crippen LogP contribution in [0.2, 0.25) is 0 Å². The molecule has 1 amide bonds. The van der Waals surface area contributed by atoms with Crippen LogP contribution in [0.3, 0.4) is 0 Å². The fraction of sp³-hybridized carbons (Fsp3) is 0.0769. The van der Waals surface area contributed by atoms with Gasteiger partial charge in [0.15, 0.2) is 0 Å². The lowest BCUT2D eigenvalue weighted by Crippen LogP contribution is -2.12. The van der Waals surface area contributed by atoms with Crippen molar-refractivity contribution in [3.8, 4) is 11.3 Å². The van der Waals surface area contributed by atoms with Crippen LogP contribution in [0.25, 0.3) is 11.3 Å². The Morgan fingerprint density at radius 2 is 2.12 bits per heavy atom. The van der Waals surface area contributed by atoms with E-state index >= 15 is 0 Å². The number of fused-ring (bicyclic) bond motifs is 1. The maximum absolute atomic E-state index is 11.5. The predicted octanol–water partition coefficient (Wildman–Crippen LogP) is 1.99. The Kier molecular flexibility index (Phi) is 1.96. The lowest BCUT2D eigenvalue weighted by atomic mass is 10.0. The van der Waals surface area contributed by atoms with Crippen LogP contribution in [-0.4, -0.2) is 10.9 Å². The van der Waals surface area contributed by atoms with Crippen molar-refractivity contribution in [2.75, 3.05) is 0 Å². The van der Waals surface area contributed by atoms with E-state index in [9.17, 15) is 4.79 Å². The second kappa shape index (κ2) is 3.45. The number of hydrogen-bond donors (Lipinski definition) is 1. The van der Waals surface area contributed by atoms with Gasteiger partial charge in [0, 0.05) is 23.9 Å². The van der Waals surface area contributed by atoms with Crippen LogP contribution in [0.4, 0.5) is 0 Å². The van der Waals surface area contributed by atoms with Gasteiger partial charge in [-0.1, -0.05) is 18.2 Å². The van der Waals surface area contributed by atoms with Crippen molar-refractivity contribution in [1.29, 1.82) is 0 Å². The van der Waals surface area contributed by atoms with E-state index in [0.29, 0.717) is 6.54 Å². The maximum atomic E-state index is 11.5. The molecule has 0 fully saturated rings. The number of nitrogens with zero attached hydrogens (tertiary/aromatic N) is 1. The Morgan fingerprint density at radius 1 is 1.19 bits per heavy atom. The third-order valence-electron chi connectivity index (χ3n) is 2.75. The summed E-state index contributed by atoms with van der Waals surface area (Å²) >= 11 is 0. The number of aromatic nitrogens is 1. The summed E-state index contributed by atoms with van der Waals surface area (Å²) in [5.41, 5.74) is 3.70. The third-order valence-corrected chi connectivity index (χ3v) is 2.75. The molecular formula is C13H10N2O. The SMILES string of the molecule is O=C1NCc2ccc(-c3ccccn3)cc21. The molecule has 3 heteroatoms. The topological polar surface area (TPSA) is 42.0 Å². The molecule has 2 heterocycles. The first-order valence-corrected chi connectivity index (χ1v) is 5.17. The number of benzene rings is 1. The van der Waals surface area contributed by atoms with Crippen molar-refractivity contribution in [2.24, 2.45) is 0 Å². The second-order valence-electron chi connectivity index (χ2n) is 3.77. The summed E-state index contributed by atoms with van der Waals surface area (Å²) in [7, 11) is 0. The molecule has 0 unspecified atom stereocenters. The van der Waals surface area contributed by atoms with E-state index < -0.39 is 0 Å². The van der Waals surface area contributed by atoms with E-state index in [1.165, 1.54) is 0 Å². The molecule has 1 aromatic carbocycles. The molecule has 1 aliphatic rings. The smallest absolute Gasteiger partial charge is 0.251 e. The molecule has 2 aromatic rings. The number of carbonyl (C=O) groups excluding carboxylic acids is 1. The number of carbonyl (C=O) groups is 1. The minimum Gasteiger partial charge on any atom is -0.348 e. The van der Waals surface area contributed by atoms with Gasteiger partial charge in [-0.25, -0.2) is 0 Å². The van der Waals surface area contributed by atoms with Crippen LogP contribution in [-0.2, 0) is 6.54 Å². The molecule has 1 aromatic heterocycles. The van der Waals surface area contributed by atoms with E-state index in [1.807, 2.05) is 36.4 Å². The maximum Gasteiger partial charge on any atom is 0.251 e. The molecule has 3 rings (SSSR count). The summed E-state index contributed by atoms with van der Waals surface area (Å²) < 4.78 is 0. The first-order chi connectivity index (χ1) is 7.84. The minimum atomic E-state index is 0.00720. The summed E-state index contributed by atoms with van der Waals surface area (Å²) in [5, 5.41) is 2.80. The van der Waals surface area contributed by atoms with Crippen LogP contribution < -0.4 is 5.32 Å². The highest BCUT2D eigenvalue weighted by Gasteiger charge is 2.18. The van der Waals surface area contributed by atoms with E-state index in [2.05, 4.69) is 10.3 Å². The van der Waals surface area contributed by atoms with Gasteiger partial charge in [-0.05, 0) is 23.8 Å². The van der Waals surface area contributed by atoms with Crippen molar-refractivity contribution in [3.63, 3.8) is 0 Å².